The minimum absolute atomic E-state index is 0.131. The summed E-state index contributed by atoms with van der Waals surface area (Å²) in [6.45, 7) is 3.59. The van der Waals surface area contributed by atoms with Gasteiger partial charge in [0.05, 0.1) is 13.0 Å². The molecule has 1 unspecified atom stereocenters. The lowest BCUT2D eigenvalue weighted by Crippen LogP contribution is -2.38. The molecule has 0 aromatic heterocycles. The molecule has 0 aliphatic rings. The maximum atomic E-state index is 11.4. The lowest BCUT2D eigenvalue weighted by Gasteiger charge is -2.10. The Labute approximate surface area is 106 Å². The van der Waals surface area contributed by atoms with Gasteiger partial charge in [0, 0.05) is 0 Å². The van der Waals surface area contributed by atoms with Gasteiger partial charge in [-0.2, -0.15) is 0 Å². The molecule has 0 saturated carbocycles. The van der Waals surface area contributed by atoms with Crippen molar-refractivity contribution >= 4 is 11.9 Å². The number of rotatable bonds is 6. The fourth-order valence-electron chi connectivity index (χ4n) is 1.34. The molecule has 98 valence electrons. The Morgan fingerprint density at radius 1 is 1.44 bits per heavy atom. The first kappa shape index (κ1) is 14.0. The van der Waals surface area contributed by atoms with Crippen molar-refractivity contribution in [2.75, 3.05) is 6.61 Å². The fraction of sp³-hybridized carbons (Fsp3) is 0.385. The van der Waals surface area contributed by atoms with Crippen LogP contribution in [0, 0.1) is 6.92 Å². The summed E-state index contributed by atoms with van der Waals surface area (Å²) in [5.41, 5.74) is 1.08. The lowest BCUT2D eigenvalue weighted by molar-refractivity contribution is -0.141. The summed E-state index contributed by atoms with van der Waals surface area (Å²) >= 11 is 0. The average Bonchev–Trinajstić information content (AvgIpc) is 2.28. The minimum Gasteiger partial charge on any atom is -0.493 e. The van der Waals surface area contributed by atoms with Crippen LogP contribution in [-0.4, -0.2) is 29.6 Å². The minimum atomic E-state index is -1.05. The van der Waals surface area contributed by atoms with E-state index >= 15 is 0 Å². The molecule has 1 atom stereocenters. The molecule has 0 bridgehead atoms. The zero-order valence-corrected chi connectivity index (χ0v) is 10.5. The summed E-state index contributed by atoms with van der Waals surface area (Å²) < 4.78 is 5.39. The third-order valence-corrected chi connectivity index (χ3v) is 2.34. The number of amides is 1. The largest absolute Gasteiger partial charge is 0.493 e. The van der Waals surface area contributed by atoms with Crippen LogP contribution in [0.5, 0.6) is 5.75 Å². The number of carboxylic acids is 1. The molecule has 2 N–H and O–H groups in total. The van der Waals surface area contributed by atoms with Crippen LogP contribution >= 0.6 is 0 Å². The van der Waals surface area contributed by atoms with Crippen molar-refractivity contribution < 1.29 is 19.4 Å². The Bertz CT molecular complexity index is 431. The highest BCUT2D eigenvalue weighted by Crippen LogP contribution is 2.12. The Morgan fingerprint density at radius 3 is 2.78 bits per heavy atom. The molecule has 1 rings (SSSR count). The molecule has 0 aliphatic carbocycles. The molecule has 1 aromatic rings. The highest BCUT2D eigenvalue weighted by atomic mass is 16.5. The summed E-state index contributed by atoms with van der Waals surface area (Å²) in [6, 6.07) is 6.63. The number of aliphatic carboxylic acids is 1. The summed E-state index contributed by atoms with van der Waals surface area (Å²) in [6.07, 6.45) is 0.131. The highest BCUT2D eigenvalue weighted by Gasteiger charge is 2.13. The molecular weight excluding hydrogens is 234 g/mol. The van der Waals surface area contributed by atoms with Crippen LogP contribution < -0.4 is 10.1 Å². The number of hydrogen-bond donors (Lipinski definition) is 2. The second-order valence-electron chi connectivity index (χ2n) is 4.04. The van der Waals surface area contributed by atoms with Gasteiger partial charge in [0.1, 0.15) is 11.8 Å². The van der Waals surface area contributed by atoms with Crippen LogP contribution in [0.15, 0.2) is 24.3 Å². The van der Waals surface area contributed by atoms with Gasteiger partial charge in [-0.05, 0) is 31.5 Å². The van der Waals surface area contributed by atoms with E-state index in [0.717, 1.165) is 5.56 Å². The Balaban J connectivity index is 2.29. The summed E-state index contributed by atoms with van der Waals surface area (Å²) in [4.78, 5) is 21.9. The molecule has 5 nitrogen and oxygen atoms in total. The van der Waals surface area contributed by atoms with Crippen molar-refractivity contribution in [1.82, 2.24) is 5.32 Å². The van der Waals surface area contributed by atoms with Crippen molar-refractivity contribution in [3.63, 3.8) is 0 Å². The standard InChI is InChI=1S/C13H17NO4/c1-9-4-3-5-11(8-9)18-7-6-12(15)14-10(2)13(16)17/h3-5,8,10H,6-7H2,1-2H3,(H,14,15)(H,16,17). The molecule has 0 heterocycles. The summed E-state index contributed by atoms with van der Waals surface area (Å²) in [5.74, 6) is -0.686. The van der Waals surface area contributed by atoms with Gasteiger partial charge in [0.15, 0.2) is 0 Å². The topological polar surface area (TPSA) is 75.6 Å². The van der Waals surface area contributed by atoms with E-state index in [1.165, 1.54) is 6.92 Å². The number of carboxylic acid groups (broad SMARTS) is 1. The Hall–Kier alpha value is -2.04. The number of carbonyl (C=O) groups is 2. The average molecular weight is 251 g/mol. The highest BCUT2D eigenvalue weighted by molar-refractivity contribution is 5.83. The van der Waals surface area contributed by atoms with Crippen LogP contribution in [0.3, 0.4) is 0 Å². The predicted molar refractivity (Wildman–Crippen MR) is 66.5 cm³/mol. The van der Waals surface area contributed by atoms with Crippen LogP contribution in [0.2, 0.25) is 0 Å². The van der Waals surface area contributed by atoms with Gasteiger partial charge in [-0.1, -0.05) is 12.1 Å². The maximum Gasteiger partial charge on any atom is 0.325 e. The number of nitrogens with one attached hydrogen (secondary N) is 1. The van der Waals surface area contributed by atoms with Crippen LogP contribution in [-0.2, 0) is 9.59 Å². The normalized spacial score (nSPS) is 11.7. The summed E-state index contributed by atoms with van der Waals surface area (Å²) in [7, 11) is 0. The van der Waals surface area contributed by atoms with E-state index in [1.54, 1.807) is 0 Å². The monoisotopic (exact) mass is 251 g/mol. The molecule has 0 radical (unpaired) electrons. The van der Waals surface area contributed by atoms with Gasteiger partial charge in [-0.25, -0.2) is 0 Å². The molecule has 1 aromatic carbocycles. The van der Waals surface area contributed by atoms with E-state index in [-0.39, 0.29) is 18.9 Å². The van der Waals surface area contributed by atoms with Gasteiger partial charge in [0.2, 0.25) is 5.91 Å². The third-order valence-electron chi connectivity index (χ3n) is 2.34. The number of carbonyl (C=O) groups excluding carboxylic acids is 1. The zero-order valence-electron chi connectivity index (χ0n) is 10.5. The number of aryl methyl sites for hydroxylation is 1. The number of benzene rings is 1. The van der Waals surface area contributed by atoms with E-state index < -0.39 is 12.0 Å². The molecule has 18 heavy (non-hydrogen) atoms. The smallest absolute Gasteiger partial charge is 0.325 e. The lowest BCUT2D eigenvalue weighted by atomic mass is 10.2. The van der Waals surface area contributed by atoms with Gasteiger partial charge < -0.3 is 15.2 Å². The SMILES string of the molecule is Cc1cccc(OCCC(=O)NC(C)C(=O)O)c1. The van der Waals surface area contributed by atoms with Crippen LogP contribution in [0.1, 0.15) is 18.9 Å². The molecule has 0 spiro atoms. The molecule has 5 heteroatoms. The van der Waals surface area contributed by atoms with Gasteiger partial charge in [0.25, 0.3) is 0 Å². The van der Waals surface area contributed by atoms with Crippen molar-refractivity contribution in [2.24, 2.45) is 0 Å². The van der Waals surface area contributed by atoms with Gasteiger partial charge in [-0.15, -0.1) is 0 Å². The molecule has 0 aliphatic heterocycles. The Morgan fingerprint density at radius 2 is 2.17 bits per heavy atom. The van der Waals surface area contributed by atoms with E-state index in [1.807, 2.05) is 31.2 Å². The molecular formula is C13H17NO4. The first-order valence-corrected chi connectivity index (χ1v) is 5.70. The van der Waals surface area contributed by atoms with E-state index in [0.29, 0.717) is 5.75 Å². The van der Waals surface area contributed by atoms with Crippen molar-refractivity contribution in [1.29, 1.82) is 0 Å². The molecule has 1 amide bonds. The zero-order chi connectivity index (χ0) is 13.5. The number of ether oxygens (including phenoxy) is 1. The van der Waals surface area contributed by atoms with Crippen molar-refractivity contribution in [3.8, 4) is 5.75 Å². The van der Waals surface area contributed by atoms with Crippen molar-refractivity contribution in [2.45, 2.75) is 26.3 Å². The maximum absolute atomic E-state index is 11.4. The van der Waals surface area contributed by atoms with Crippen LogP contribution in [0.4, 0.5) is 0 Å². The van der Waals surface area contributed by atoms with Crippen LogP contribution in [0.25, 0.3) is 0 Å². The number of hydrogen-bond acceptors (Lipinski definition) is 3. The first-order chi connectivity index (χ1) is 8.49. The van der Waals surface area contributed by atoms with Gasteiger partial charge in [-0.3, -0.25) is 9.59 Å². The fourth-order valence-corrected chi connectivity index (χ4v) is 1.34. The predicted octanol–water partition coefficient (Wildman–Crippen LogP) is 1.35. The Kier molecular flexibility index (Phi) is 5.17. The molecule has 0 fully saturated rings. The second kappa shape index (κ2) is 6.64. The van der Waals surface area contributed by atoms with E-state index in [9.17, 15) is 9.59 Å². The van der Waals surface area contributed by atoms with Crippen molar-refractivity contribution in [3.05, 3.63) is 29.8 Å². The second-order valence-corrected chi connectivity index (χ2v) is 4.04. The quantitative estimate of drug-likeness (QED) is 0.800. The third kappa shape index (κ3) is 4.86. The van der Waals surface area contributed by atoms with E-state index in [2.05, 4.69) is 5.32 Å². The first-order valence-electron chi connectivity index (χ1n) is 5.70. The van der Waals surface area contributed by atoms with Gasteiger partial charge >= 0.3 is 5.97 Å². The summed E-state index contributed by atoms with van der Waals surface area (Å²) in [5, 5.41) is 11.0. The molecule has 0 saturated heterocycles. The van der Waals surface area contributed by atoms with E-state index in [4.69, 9.17) is 9.84 Å².